The van der Waals surface area contributed by atoms with Gasteiger partial charge in [0.15, 0.2) is 0 Å². The molecule has 2 N–H and O–H groups in total. The zero-order chi connectivity index (χ0) is 17.0. The Kier molecular flexibility index (Phi) is 5.16. The maximum Gasteiger partial charge on any atom is 0.337 e. The molecule has 1 aromatic rings. The summed E-state index contributed by atoms with van der Waals surface area (Å²) in [6.45, 7) is 1.76. The maximum absolute atomic E-state index is 12.4. The molecule has 2 rings (SSSR count). The van der Waals surface area contributed by atoms with Gasteiger partial charge in [0, 0.05) is 5.69 Å². The summed E-state index contributed by atoms with van der Waals surface area (Å²) in [5.41, 5.74) is 1.66. The number of carboxylic acids is 1. The average Bonchev–Trinajstić information content (AvgIpc) is 2.55. The van der Waals surface area contributed by atoms with Gasteiger partial charge in [0.1, 0.15) is 0 Å². The van der Waals surface area contributed by atoms with Gasteiger partial charge in [-0.3, -0.25) is 9.59 Å². The standard InChI is InChI=1S/C17H19NO5/c1-10-9-11(17(22)23-2)7-8-14(10)18-15(19)12-5-3-4-6-13(12)16(20)21/h3-4,7-9,12-13H,5-6H2,1-2H3,(H,18,19)(H,20,21)/t12-,13+/m1/s1. The molecule has 0 bridgehead atoms. The normalized spacial score (nSPS) is 19.9. The number of methoxy groups -OCH3 is 1. The van der Waals surface area contributed by atoms with E-state index in [1.807, 2.05) is 6.08 Å². The lowest BCUT2D eigenvalue weighted by Gasteiger charge is -2.24. The van der Waals surface area contributed by atoms with Crippen molar-refractivity contribution in [2.24, 2.45) is 11.8 Å². The second-order valence-electron chi connectivity index (χ2n) is 5.50. The van der Waals surface area contributed by atoms with Crippen LogP contribution < -0.4 is 5.32 Å². The van der Waals surface area contributed by atoms with E-state index in [0.29, 0.717) is 29.7 Å². The van der Waals surface area contributed by atoms with E-state index < -0.39 is 23.8 Å². The summed E-state index contributed by atoms with van der Waals surface area (Å²) in [4.78, 5) is 35.2. The highest BCUT2D eigenvalue weighted by Gasteiger charge is 2.34. The number of benzene rings is 1. The van der Waals surface area contributed by atoms with E-state index >= 15 is 0 Å². The van der Waals surface area contributed by atoms with Crippen LogP contribution >= 0.6 is 0 Å². The highest BCUT2D eigenvalue weighted by Crippen LogP contribution is 2.28. The third-order valence-electron chi connectivity index (χ3n) is 3.99. The van der Waals surface area contributed by atoms with Gasteiger partial charge in [0.05, 0.1) is 24.5 Å². The lowest BCUT2D eigenvalue weighted by molar-refractivity contribution is -0.146. The summed E-state index contributed by atoms with van der Waals surface area (Å²) in [5.74, 6) is -3.05. The summed E-state index contributed by atoms with van der Waals surface area (Å²) in [6, 6.07) is 4.80. The Hall–Kier alpha value is -2.63. The van der Waals surface area contributed by atoms with Crippen LogP contribution in [0.25, 0.3) is 0 Å². The molecule has 1 amide bonds. The lowest BCUT2D eigenvalue weighted by atomic mass is 9.82. The number of carboxylic acid groups (broad SMARTS) is 1. The summed E-state index contributed by atoms with van der Waals surface area (Å²) in [6.07, 6.45) is 4.38. The molecule has 0 heterocycles. The molecule has 0 unspecified atom stereocenters. The quantitative estimate of drug-likeness (QED) is 0.657. The van der Waals surface area contributed by atoms with E-state index in [0.717, 1.165) is 0 Å². The Morgan fingerprint density at radius 2 is 1.83 bits per heavy atom. The predicted molar refractivity (Wildman–Crippen MR) is 84.1 cm³/mol. The summed E-state index contributed by atoms with van der Waals surface area (Å²) >= 11 is 0. The Bertz CT molecular complexity index is 665. The van der Waals surface area contributed by atoms with Crippen LogP contribution in [0.1, 0.15) is 28.8 Å². The van der Waals surface area contributed by atoms with Crippen LogP contribution in [0.3, 0.4) is 0 Å². The monoisotopic (exact) mass is 317 g/mol. The Balaban J connectivity index is 2.15. The van der Waals surface area contributed by atoms with Gasteiger partial charge in [-0.2, -0.15) is 0 Å². The van der Waals surface area contributed by atoms with E-state index in [2.05, 4.69) is 10.1 Å². The number of carbonyl (C=O) groups is 3. The van der Waals surface area contributed by atoms with Crippen LogP contribution in [0.5, 0.6) is 0 Å². The fraction of sp³-hybridized carbons (Fsp3) is 0.353. The molecule has 2 atom stereocenters. The van der Waals surface area contributed by atoms with Gasteiger partial charge in [-0.15, -0.1) is 0 Å². The van der Waals surface area contributed by atoms with Gasteiger partial charge in [0.2, 0.25) is 5.91 Å². The lowest BCUT2D eigenvalue weighted by Crippen LogP contribution is -2.34. The van der Waals surface area contributed by atoms with Gasteiger partial charge < -0.3 is 15.2 Å². The number of aliphatic carboxylic acids is 1. The molecule has 6 heteroatoms. The molecule has 1 aliphatic carbocycles. The van der Waals surface area contributed by atoms with Crippen molar-refractivity contribution in [2.75, 3.05) is 12.4 Å². The van der Waals surface area contributed by atoms with Crippen molar-refractivity contribution >= 4 is 23.5 Å². The number of carbonyl (C=O) groups excluding carboxylic acids is 2. The number of aryl methyl sites for hydroxylation is 1. The molecule has 6 nitrogen and oxygen atoms in total. The molecule has 0 radical (unpaired) electrons. The number of ether oxygens (including phenoxy) is 1. The van der Waals surface area contributed by atoms with Crippen LogP contribution in [0.4, 0.5) is 5.69 Å². The molecule has 1 aromatic carbocycles. The van der Waals surface area contributed by atoms with Gasteiger partial charge in [-0.05, 0) is 43.5 Å². The van der Waals surface area contributed by atoms with Crippen LogP contribution in [-0.2, 0) is 14.3 Å². The number of nitrogens with one attached hydrogen (secondary N) is 1. The van der Waals surface area contributed by atoms with Crippen LogP contribution in [0.2, 0.25) is 0 Å². The fourth-order valence-corrected chi connectivity index (χ4v) is 2.65. The first kappa shape index (κ1) is 16.7. The van der Waals surface area contributed by atoms with E-state index in [1.54, 1.807) is 31.2 Å². The first-order valence-electron chi connectivity index (χ1n) is 7.31. The molecule has 0 aromatic heterocycles. The highest BCUT2D eigenvalue weighted by atomic mass is 16.5. The molecule has 122 valence electrons. The Morgan fingerprint density at radius 3 is 2.39 bits per heavy atom. The van der Waals surface area contributed by atoms with Gasteiger partial charge in [-0.1, -0.05) is 12.2 Å². The molecule has 1 aliphatic rings. The smallest absolute Gasteiger partial charge is 0.337 e. The fourth-order valence-electron chi connectivity index (χ4n) is 2.65. The van der Waals surface area contributed by atoms with Crippen molar-refractivity contribution in [3.8, 4) is 0 Å². The predicted octanol–water partition coefficient (Wildman–Crippen LogP) is 2.39. The first-order valence-corrected chi connectivity index (χ1v) is 7.31. The second kappa shape index (κ2) is 7.09. The zero-order valence-electron chi connectivity index (χ0n) is 13.0. The van der Waals surface area contributed by atoms with Gasteiger partial charge in [0.25, 0.3) is 0 Å². The molecule has 0 saturated carbocycles. The van der Waals surface area contributed by atoms with E-state index in [-0.39, 0.29) is 5.91 Å². The minimum Gasteiger partial charge on any atom is -0.481 e. The van der Waals surface area contributed by atoms with Crippen molar-refractivity contribution in [2.45, 2.75) is 19.8 Å². The summed E-state index contributed by atoms with van der Waals surface area (Å²) < 4.78 is 4.65. The first-order chi connectivity index (χ1) is 10.9. The highest BCUT2D eigenvalue weighted by molar-refractivity contribution is 5.97. The van der Waals surface area contributed by atoms with Crippen molar-refractivity contribution in [3.63, 3.8) is 0 Å². The van der Waals surface area contributed by atoms with Crippen molar-refractivity contribution < 1.29 is 24.2 Å². The van der Waals surface area contributed by atoms with Crippen molar-refractivity contribution in [3.05, 3.63) is 41.5 Å². The zero-order valence-corrected chi connectivity index (χ0v) is 13.0. The minimum absolute atomic E-state index is 0.323. The summed E-state index contributed by atoms with van der Waals surface area (Å²) in [5, 5.41) is 12.0. The third-order valence-corrected chi connectivity index (χ3v) is 3.99. The number of hydrogen-bond acceptors (Lipinski definition) is 4. The third kappa shape index (κ3) is 3.77. The Morgan fingerprint density at radius 1 is 1.17 bits per heavy atom. The van der Waals surface area contributed by atoms with Gasteiger partial charge in [-0.25, -0.2) is 4.79 Å². The molecule has 0 spiro atoms. The van der Waals surface area contributed by atoms with Crippen LogP contribution in [0, 0.1) is 18.8 Å². The van der Waals surface area contributed by atoms with E-state index in [9.17, 15) is 19.5 Å². The average molecular weight is 317 g/mol. The van der Waals surface area contributed by atoms with Crippen molar-refractivity contribution in [1.82, 2.24) is 0 Å². The molecule has 0 aliphatic heterocycles. The van der Waals surface area contributed by atoms with Crippen molar-refractivity contribution in [1.29, 1.82) is 0 Å². The van der Waals surface area contributed by atoms with Crippen LogP contribution in [-0.4, -0.2) is 30.1 Å². The molecule has 0 saturated heterocycles. The maximum atomic E-state index is 12.4. The number of hydrogen-bond donors (Lipinski definition) is 2. The molecular weight excluding hydrogens is 298 g/mol. The molecule has 0 fully saturated rings. The Labute approximate surface area is 134 Å². The largest absolute Gasteiger partial charge is 0.481 e. The molecule has 23 heavy (non-hydrogen) atoms. The topological polar surface area (TPSA) is 92.7 Å². The van der Waals surface area contributed by atoms with Gasteiger partial charge >= 0.3 is 11.9 Å². The summed E-state index contributed by atoms with van der Waals surface area (Å²) in [7, 11) is 1.30. The minimum atomic E-state index is -0.965. The second-order valence-corrected chi connectivity index (χ2v) is 5.50. The SMILES string of the molecule is COC(=O)c1ccc(NC(=O)[C@@H]2CC=CC[C@@H]2C(=O)O)c(C)c1. The number of amides is 1. The van der Waals surface area contributed by atoms with E-state index in [4.69, 9.17) is 0 Å². The number of allylic oxidation sites excluding steroid dienone is 2. The van der Waals surface area contributed by atoms with Crippen LogP contribution in [0.15, 0.2) is 30.4 Å². The van der Waals surface area contributed by atoms with E-state index in [1.165, 1.54) is 7.11 Å². The number of anilines is 1. The number of rotatable bonds is 4. The molecular formula is C17H19NO5. The number of esters is 1.